The van der Waals surface area contributed by atoms with E-state index in [0.717, 1.165) is 21.9 Å². The quantitative estimate of drug-likeness (QED) is 0.202. The van der Waals surface area contributed by atoms with Crippen LogP contribution >= 0.6 is 0 Å². The van der Waals surface area contributed by atoms with Crippen molar-refractivity contribution < 1.29 is 14.3 Å². The van der Waals surface area contributed by atoms with E-state index in [1.807, 2.05) is 68.4 Å². The molecular weight excluding hydrogens is 400 g/mol. The zero-order chi connectivity index (χ0) is 22.5. The molecule has 0 saturated heterocycles. The predicted molar refractivity (Wildman–Crippen MR) is 126 cm³/mol. The summed E-state index contributed by atoms with van der Waals surface area (Å²) < 4.78 is 5.71. The van der Waals surface area contributed by atoms with E-state index < -0.39 is 5.97 Å². The zero-order valence-electron chi connectivity index (χ0n) is 17.8. The Morgan fingerprint density at radius 2 is 1.66 bits per heavy atom. The van der Waals surface area contributed by atoms with E-state index in [1.165, 1.54) is 6.21 Å². The minimum atomic E-state index is -0.456. The fourth-order valence-electron chi connectivity index (χ4n) is 3.47. The Bertz CT molecular complexity index is 1340. The Morgan fingerprint density at radius 3 is 2.47 bits per heavy atom. The third-order valence-electron chi connectivity index (χ3n) is 5.14. The molecule has 0 aliphatic carbocycles. The lowest BCUT2D eigenvalue weighted by atomic mass is 10.0. The van der Waals surface area contributed by atoms with Crippen LogP contribution in [-0.2, 0) is 0 Å². The molecule has 4 aromatic rings. The molecule has 0 bridgehead atoms. The number of amides is 1. The first-order valence-corrected chi connectivity index (χ1v) is 10.2. The Balaban J connectivity index is 1.64. The first-order chi connectivity index (χ1) is 15.5. The molecule has 5 nitrogen and oxygen atoms in total. The highest BCUT2D eigenvalue weighted by atomic mass is 16.5. The predicted octanol–water partition coefficient (Wildman–Crippen LogP) is 5.44. The number of aryl methyl sites for hydroxylation is 2. The summed E-state index contributed by atoms with van der Waals surface area (Å²) >= 11 is 0. The van der Waals surface area contributed by atoms with Gasteiger partial charge < -0.3 is 4.74 Å². The lowest BCUT2D eigenvalue weighted by molar-refractivity contribution is 0.0734. The lowest BCUT2D eigenvalue weighted by Crippen LogP contribution is -2.18. The van der Waals surface area contributed by atoms with Gasteiger partial charge >= 0.3 is 5.97 Å². The van der Waals surface area contributed by atoms with Gasteiger partial charge in [0.2, 0.25) is 0 Å². The summed E-state index contributed by atoms with van der Waals surface area (Å²) in [6.07, 6.45) is 1.51. The molecule has 1 N–H and O–H groups in total. The normalized spacial score (nSPS) is 10.9. The van der Waals surface area contributed by atoms with Crippen LogP contribution in [0.2, 0.25) is 0 Å². The number of ether oxygens (including phenoxy) is 1. The number of hydrogen-bond donors (Lipinski definition) is 1. The topological polar surface area (TPSA) is 67.8 Å². The van der Waals surface area contributed by atoms with Gasteiger partial charge in [0.25, 0.3) is 5.91 Å². The molecule has 0 heterocycles. The van der Waals surface area contributed by atoms with Crippen LogP contribution in [0.1, 0.15) is 37.4 Å². The van der Waals surface area contributed by atoms with Crippen LogP contribution in [0.25, 0.3) is 10.8 Å². The van der Waals surface area contributed by atoms with Crippen LogP contribution in [0.4, 0.5) is 0 Å². The van der Waals surface area contributed by atoms with Crippen molar-refractivity contribution >= 4 is 28.9 Å². The Hall–Kier alpha value is -4.25. The SMILES string of the molecule is Cc1cccc(C(=O)Oc2ccc3ccccc3c2/C=N\NC(=O)c2ccccc2C)c1. The van der Waals surface area contributed by atoms with Crippen molar-refractivity contribution in [2.75, 3.05) is 0 Å². The Morgan fingerprint density at radius 1 is 0.875 bits per heavy atom. The van der Waals surface area contributed by atoms with E-state index >= 15 is 0 Å². The molecule has 1 amide bonds. The van der Waals surface area contributed by atoms with Gasteiger partial charge in [0.15, 0.2) is 0 Å². The second kappa shape index (κ2) is 9.27. The zero-order valence-corrected chi connectivity index (χ0v) is 17.8. The number of hydrogen-bond acceptors (Lipinski definition) is 4. The molecule has 0 aromatic heterocycles. The second-order valence-electron chi connectivity index (χ2n) is 7.47. The first kappa shape index (κ1) is 21.0. The van der Waals surface area contributed by atoms with Crippen molar-refractivity contribution in [2.24, 2.45) is 5.10 Å². The highest BCUT2D eigenvalue weighted by Crippen LogP contribution is 2.27. The average molecular weight is 422 g/mol. The van der Waals surface area contributed by atoms with E-state index in [9.17, 15) is 9.59 Å². The third-order valence-corrected chi connectivity index (χ3v) is 5.14. The molecule has 0 radical (unpaired) electrons. The lowest BCUT2D eigenvalue weighted by Gasteiger charge is -2.11. The standard InChI is InChI=1S/C27H22N2O3/c1-18-8-7-11-21(16-18)27(31)32-25-15-14-20-10-4-6-13-23(20)24(25)17-28-29-26(30)22-12-5-3-9-19(22)2/h3-17H,1-2H3,(H,29,30)/b28-17-. The molecular formula is C27H22N2O3. The van der Waals surface area contributed by atoms with Crippen molar-refractivity contribution in [3.8, 4) is 5.75 Å². The van der Waals surface area contributed by atoms with Gasteiger partial charge in [-0.25, -0.2) is 10.2 Å². The van der Waals surface area contributed by atoms with Crippen LogP contribution in [0.5, 0.6) is 5.75 Å². The number of esters is 1. The van der Waals surface area contributed by atoms with Crippen LogP contribution < -0.4 is 10.2 Å². The second-order valence-corrected chi connectivity index (χ2v) is 7.47. The number of fused-ring (bicyclic) bond motifs is 1. The van der Waals surface area contributed by atoms with Gasteiger partial charge in [0.1, 0.15) is 5.75 Å². The molecule has 0 fully saturated rings. The molecule has 0 aliphatic rings. The molecule has 158 valence electrons. The number of hydrazone groups is 1. The van der Waals surface area contributed by atoms with E-state index in [4.69, 9.17) is 4.74 Å². The van der Waals surface area contributed by atoms with Gasteiger partial charge in [0, 0.05) is 11.1 Å². The van der Waals surface area contributed by atoms with Gasteiger partial charge in [-0.1, -0.05) is 66.2 Å². The average Bonchev–Trinajstić information content (AvgIpc) is 2.80. The number of nitrogens with one attached hydrogen (secondary N) is 1. The number of rotatable bonds is 5. The molecule has 32 heavy (non-hydrogen) atoms. The van der Waals surface area contributed by atoms with Crippen LogP contribution in [-0.4, -0.2) is 18.1 Å². The van der Waals surface area contributed by atoms with Crippen molar-refractivity contribution in [1.82, 2.24) is 5.43 Å². The van der Waals surface area contributed by atoms with Gasteiger partial charge in [-0.05, 0) is 54.4 Å². The van der Waals surface area contributed by atoms with E-state index in [1.54, 1.807) is 30.3 Å². The highest BCUT2D eigenvalue weighted by molar-refractivity contribution is 6.04. The number of carbonyl (C=O) groups is 2. The van der Waals surface area contributed by atoms with Crippen molar-refractivity contribution in [3.05, 3.63) is 113 Å². The van der Waals surface area contributed by atoms with Gasteiger partial charge in [-0.3, -0.25) is 4.79 Å². The van der Waals surface area contributed by atoms with Crippen LogP contribution in [0, 0.1) is 13.8 Å². The minimum absolute atomic E-state index is 0.308. The summed E-state index contributed by atoms with van der Waals surface area (Å²) in [6.45, 7) is 3.79. The smallest absolute Gasteiger partial charge is 0.343 e. The Labute approximate surface area is 186 Å². The fourth-order valence-corrected chi connectivity index (χ4v) is 3.47. The van der Waals surface area contributed by atoms with Crippen molar-refractivity contribution in [1.29, 1.82) is 0 Å². The van der Waals surface area contributed by atoms with Gasteiger partial charge in [-0.2, -0.15) is 5.10 Å². The number of benzene rings is 4. The van der Waals surface area contributed by atoms with Crippen molar-refractivity contribution in [2.45, 2.75) is 13.8 Å². The maximum Gasteiger partial charge on any atom is 0.343 e. The van der Waals surface area contributed by atoms with E-state index in [0.29, 0.717) is 22.4 Å². The molecule has 4 aromatic carbocycles. The summed E-state index contributed by atoms with van der Waals surface area (Å²) in [7, 11) is 0. The molecule has 4 rings (SSSR count). The van der Waals surface area contributed by atoms with Crippen molar-refractivity contribution in [3.63, 3.8) is 0 Å². The van der Waals surface area contributed by atoms with E-state index in [2.05, 4.69) is 10.5 Å². The summed E-state index contributed by atoms with van der Waals surface area (Å²) in [4.78, 5) is 25.2. The monoisotopic (exact) mass is 422 g/mol. The number of carbonyl (C=O) groups excluding carboxylic acids is 2. The van der Waals surface area contributed by atoms with Crippen LogP contribution in [0.3, 0.4) is 0 Å². The Kier molecular flexibility index (Phi) is 6.08. The molecule has 0 unspecified atom stereocenters. The maximum absolute atomic E-state index is 12.7. The maximum atomic E-state index is 12.7. The summed E-state index contributed by atoms with van der Waals surface area (Å²) in [5, 5.41) is 5.97. The van der Waals surface area contributed by atoms with Crippen LogP contribution in [0.15, 0.2) is 90.0 Å². The van der Waals surface area contributed by atoms with Gasteiger partial charge in [0.05, 0.1) is 11.8 Å². The summed E-state index contributed by atoms with van der Waals surface area (Å²) in [5.41, 5.74) is 6.02. The molecule has 0 aliphatic heterocycles. The molecule has 0 atom stereocenters. The number of nitrogens with zero attached hydrogens (tertiary/aromatic N) is 1. The minimum Gasteiger partial charge on any atom is -0.422 e. The first-order valence-electron chi connectivity index (χ1n) is 10.2. The highest BCUT2D eigenvalue weighted by Gasteiger charge is 2.14. The summed E-state index contributed by atoms with van der Waals surface area (Å²) in [5.74, 6) is -0.399. The van der Waals surface area contributed by atoms with E-state index in [-0.39, 0.29) is 5.91 Å². The fraction of sp³-hybridized carbons (Fsp3) is 0.0741. The third kappa shape index (κ3) is 4.57. The molecule has 0 saturated carbocycles. The molecule has 0 spiro atoms. The van der Waals surface area contributed by atoms with Gasteiger partial charge in [-0.15, -0.1) is 0 Å². The summed E-state index contributed by atoms with van der Waals surface area (Å²) in [6, 6.07) is 25.9. The largest absolute Gasteiger partial charge is 0.422 e. The molecule has 5 heteroatoms.